The van der Waals surface area contributed by atoms with Crippen molar-refractivity contribution in [2.24, 2.45) is 18.9 Å². The number of aryl methyl sites for hydroxylation is 2. The zero-order chi connectivity index (χ0) is 25.2. The van der Waals surface area contributed by atoms with Crippen molar-refractivity contribution in [1.82, 2.24) is 0 Å². The summed E-state index contributed by atoms with van der Waals surface area (Å²) >= 11 is 0. The average Bonchev–Trinajstić information content (AvgIpc) is 3.45. The molecule has 1 aromatic heterocycles. The number of rotatable bonds is 4. The summed E-state index contributed by atoms with van der Waals surface area (Å²) in [4.78, 5) is 0. The van der Waals surface area contributed by atoms with E-state index in [1.54, 1.807) is 0 Å². The largest absolute Gasteiger partial charge is 0.213 e. The molecule has 0 aliphatic heterocycles. The first-order valence-corrected chi connectivity index (χ1v) is 12.8. The highest BCUT2D eigenvalue weighted by molar-refractivity contribution is 5.89. The zero-order valence-corrected chi connectivity index (χ0v) is 20.9. The maximum absolute atomic E-state index is 9.28. The fourth-order valence-electron chi connectivity index (χ4n) is 6.44. The molecule has 2 saturated carbocycles. The number of pyridine rings is 1. The van der Waals surface area contributed by atoms with Crippen LogP contribution in [0.2, 0.25) is 0 Å². The highest BCUT2D eigenvalue weighted by atomic mass is 14.9. The van der Waals surface area contributed by atoms with Gasteiger partial charge in [-0.05, 0) is 95.0 Å². The van der Waals surface area contributed by atoms with E-state index in [1.807, 2.05) is 13.8 Å². The van der Waals surface area contributed by atoms with Crippen molar-refractivity contribution in [2.45, 2.75) is 58.2 Å². The number of benzene rings is 3. The second kappa shape index (κ2) is 8.38. The molecule has 2 aliphatic rings. The Morgan fingerprint density at radius 3 is 2.44 bits per heavy atom. The van der Waals surface area contributed by atoms with Crippen LogP contribution in [-0.2, 0) is 7.05 Å². The molecule has 3 atom stereocenters. The van der Waals surface area contributed by atoms with Gasteiger partial charge in [0.25, 0.3) is 0 Å². The van der Waals surface area contributed by atoms with Crippen LogP contribution in [0.25, 0.3) is 33.2 Å². The van der Waals surface area contributed by atoms with Crippen LogP contribution in [0.15, 0.2) is 72.9 Å². The van der Waals surface area contributed by atoms with E-state index in [1.165, 1.54) is 46.7 Å². The normalized spacial score (nSPS) is 24.9. The van der Waals surface area contributed by atoms with Crippen molar-refractivity contribution in [1.29, 1.82) is 0 Å². The van der Waals surface area contributed by atoms with Crippen molar-refractivity contribution in [3.8, 4) is 22.4 Å². The van der Waals surface area contributed by atoms with E-state index in [9.17, 15) is 1.37 Å². The van der Waals surface area contributed by atoms with Gasteiger partial charge in [0.05, 0.1) is 0 Å². The van der Waals surface area contributed by atoms with Crippen molar-refractivity contribution in [3.63, 3.8) is 0 Å². The third-order valence-electron chi connectivity index (χ3n) is 8.30. The quantitative estimate of drug-likeness (QED) is 0.276. The van der Waals surface area contributed by atoms with Gasteiger partial charge in [0.15, 0.2) is 6.20 Å². The second-order valence-electron chi connectivity index (χ2n) is 10.8. The first-order valence-electron chi connectivity index (χ1n) is 13.8. The van der Waals surface area contributed by atoms with Crippen LogP contribution in [-0.4, -0.2) is 0 Å². The van der Waals surface area contributed by atoms with E-state index in [2.05, 4.69) is 91.5 Å². The van der Waals surface area contributed by atoms with Crippen LogP contribution in [0.5, 0.6) is 0 Å². The molecule has 0 radical (unpaired) electrons. The maximum atomic E-state index is 9.28. The van der Waals surface area contributed by atoms with E-state index in [4.69, 9.17) is 1.37 Å². The van der Waals surface area contributed by atoms with Crippen LogP contribution < -0.4 is 4.57 Å². The van der Waals surface area contributed by atoms with Crippen molar-refractivity contribution >= 4 is 10.8 Å². The molecule has 172 valence electrons. The van der Waals surface area contributed by atoms with Gasteiger partial charge in [-0.3, -0.25) is 0 Å². The molecule has 0 amide bonds. The first-order chi connectivity index (χ1) is 17.1. The van der Waals surface area contributed by atoms with Gasteiger partial charge >= 0.3 is 0 Å². The molecule has 2 bridgehead atoms. The highest BCUT2D eigenvalue weighted by Gasteiger charge is 2.40. The van der Waals surface area contributed by atoms with Gasteiger partial charge in [-0.1, -0.05) is 68.8 Å². The Labute approximate surface area is 207 Å². The number of nitrogens with zero attached hydrogens (tertiary/aromatic N) is 1. The SMILES string of the molecule is [2H]C(C)(C)c1c[n+](C)c(-c2ccccc2C)cc1-c1ccc2cc(C3([2H])CC4CCC3C4)ccc2c1. The minimum Gasteiger partial charge on any atom is -0.201 e. The Balaban J connectivity index is 1.47. The standard InChI is InChI=1S/C33H36N/c1-21(2)32-20-34(4)33(29-8-6-5-7-22(29)3)19-31(32)28-14-12-24-17-27(13-11-25(24)18-28)30-16-23-9-10-26(30)15-23/h5-8,11-14,17-21,23,26,30H,9-10,15-16H2,1-4H3/q+1/i21D,30D. The fourth-order valence-corrected chi connectivity index (χ4v) is 6.44. The summed E-state index contributed by atoms with van der Waals surface area (Å²) in [6.07, 6.45) is 6.92. The van der Waals surface area contributed by atoms with Crippen molar-refractivity contribution in [3.05, 3.63) is 89.6 Å². The van der Waals surface area contributed by atoms with Crippen molar-refractivity contribution in [2.75, 3.05) is 0 Å². The third-order valence-corrected chi connectivity index (χ3v) is 8.30. The Kier molecular flexibility index (Phi) is 4.78. The molecule has 1 heterocycles. The van der Waals surface area contributed by atoms with Crippen LogP contribution in [0, 0.1) is 18.8 Å². The molecule has 2 fully saturated rings. The monoisotopic (exact) mass is 448 g/mol. The van der Waals surface area contributed by atoms with Gasteiger partial charge in [0, 0.05) is 19.9 Å². The molecule has 34 heavy (non-hydrogen) atoms. The number of fused-ring (bicyclic) bond motifs is 3. The smallest absolute Gasteiger partial charge is 0.201 e. The van der Waals surface area contributed by atoms with Crippen LogP contribution in [0.1, 0.15) is 70.8 Å². The average molecular weight is 449 g/mol. The van der Waals surface area contributed by atoms with Gasteiger partial charge in [-0.15, -0.1) is 0 Å². The molecule has 2 aliphatic carbocycles. The summed E-state index contributed by atoms with van der Waals surface area (Å²) in [7, 11) is 2.08. The Bertz CT molecular complexity index is 1480. The van der Waals surface area contributed by atoms with Crippen LogP contribution in [0.4, 0.5) is 0 Å². The molecule has 3 aromatic carbocycles. The lowest BCUT2D eigenvalue weighted by atomic mass is 9.82. The Morgan fingerprint density at radius 2 is 1.71 bits per heavy atom. The lowest BCUT2D eigenvalue weighted by molar-refractivity contribution is -0.660. The zero-order valence-electron chi connectivity index (χ0n) is 22.9. The number of hydrogen-bond acceptors (Lipinski definition) is 0. The molecule has 6 rings (SSSR count). The summed E-state index contributed by atoms with van der Waals surface area (Å²) in [5, 5.41) is 2.40. The minimum atomic E-state index is -0.727. The summed E-state index contributed by atoms with van der Waals surface area (Å²) in [6, 6.07) is 24.1. The number of hydrogen-bond donors (Lipinski definition) is 0. The van der Waals surface area contributed by atoms with Crippen LogP contribution >= 0.6 is 0 Å². The minimum absolute atomic E-state index is 0.408. The fraction of sp³-hybridized carbons (Fsp3) is 0.364. The van der Waals surface area contributed by atoms with Gasteiger partial charge in [-0.25, -0.2) is 4.57 Å². The van der Waals surface area contributed by atoms with Gasteiger partial charge in [-0.2, -0.15) is 0 Å². The Morgan fingerprint density at radius 1 is 0.912 bits per heavy atom. The molecule has 0 saturated heterocycles. The molecular formula is C33H36N+. The summed E-state index contributed by atoms with van der Waals surface area (Å²) < 4.78 is 20.3. The molecule has 1 heteroatoms. The predicted molar refractivity (Wildman–Crippen MR) is 143 cm³/mol. The molecular weight excluding hydrogens is 410 g/mol. The first kappa shape index (κ1) is 19.4. The maximum Gasteiger partial charge on any atom is 0.213 e. The molecule has 1 nitrogen and oxygen atoms in total. The lowest BCUT2D eigenvalue weighted by Gasteiger charge is -2.22. The lowest BCUT2D eigenvalue weighted by Crippen LogP contribution is -2.32. The molecule has 3 unspecified atom stereocenters. The van der Waals surface area contributed by atoms with Gasteiger partial charge in [0.1, 0.15) is 7.05 Å². The third kappa shape index (κ3) is 3.66. The van der Waals surface area contributed by atoms with Gasteiger partial charge in [0.2, 0.25) is 5.69 Å². The second-order valence-corrected chi connectivity index (χ2v) is 10.8. The summed E-state index contributed by atoms with van der Waals surface area (Å²) in [5.41, 5.74) is 8.07. The molecule has 4 aromatic rings. The van der Waals surface area contributed by atoms with Crippen LogP contribution in [0.3, 0.4) is 0 Å². The number of aromatic nitrogens is 1. The predicted octanol–water partition coefficient (Wildman–Crippen LogP) is 8.33. The summed E-state index contributed by atoms with van der Waals surface area (Å²) in [6.45, 7) is 6.09. The van der Waals surface area contributed by atoms with E-state index in [-0.39, 0.29) is 0 Å². The van der Waals surface area contributed by atoms with Gasteiger partial charge < -0.3 is 0 Å². The van der Waals surface area contributed by atoms with E-state index in [0.29, 0.717) is 5.92 Å². The Hall–Kier alpha value is -2.93. The highest BCUT2D eigenvalue weighted by Crippen LogP contribution is 2.53. The summed E-state index contributed by atoms with van der Waals surface area (Å²) in [5.74, 6) is 0.134. The van der Waals surface area contributed by atoms with Crippen molar-refractivity contribution < 1.29 is 7.31 Å². The topological polar surface area (TPSA) is 3.88 Å². The van der Waals surface area contributed by atoms with E-state index < -0.39 is 11.8 Å². The van der Waals surface area contributed by atoms with E-state index >= 15 is 0 Å². The molecule has 0 spiro atoms. The van der Waals surface area contributed by atoms with E-state index in [0.717, 1.165) is 34.7 Å². The molecule has 0 N–H and O–H groups in total.